The van der Waals surface area contributed by atoms with E-state index < -0.39 is 10.0 Å². The zero-order chi connectivity index (χ0) is 21.8. The Bertz CT molecular complexity index is 1320. The van der Waals surface area contributed by atoms with Crippen LogP contribution < -0.4 is 10.0 Å². The van der Waals surface area contributed by atoms with E-state index in [-0.39, 0.29) is 10.8 Å². The Morgan fingerprint density at radius 3 is 2.19 bits per heavy atom. The van der Waals surface area contributed by atoms with Crippen molar-refractivity contribution in [2.24, 2.45) is 0 Å². The molecule has 0 atom stereocenters. The SMILES string of the molecule is CC(=O)Nc1cccc(NS(=O)(=O)c2cn(-c3ccccc3)nc2-c2ccccc2)c1. The maximum absolute atomic E-state index is 13.3. The molecule has 2 N–H and O–H groups in total. The molecule has 7 nitrogen and oxygen atoms in total. The largest absolute Gasteiger partial charge is 0.326 e. The maximum Gasteiger partial charge on any atom is 0.265 e. The van der Waals surface area contributed by atoms with Crippen LogP contribution in [-0.2, 0) is 14.8 Å². The summed E-state index contributed by atoms with van der Waals surface area (Å²) in [5.41, 5.74) is 2.60. The van der Waals surface area contributed by atoms with Crippen molar-refractivity contribution in [2.45, 2.75) is 11.8 Å². The van der Waals surface area contributed by atoms with E-state index in [1.807, 2.05) is 60.7 Å². The molecule has 1 heterocycles. The number of nitrogens with zero attached hydrogens (tertiary/aromatic N) is 2. The molecule has 0 radical (unpaired) electrons. The third-order valence-corrected chi connectivity index (χ3v) is 5.86. The van der Waals surface area contributed by atoms with Crippen LogP contribution in [0, 0.1) is 0 Å². The van der Waals surface area contributed by atoms with E-state index in [4.69, 9.17) is 0 Å². The molecular formula is C23H20N4O3S. The monoisotopic (exact) mass is 432 g/mol. The van der Waals surface area contributed by atoms with Crippen molar-refractivity contribution in [3.05, 3.63) is 91.1 Å². The highest BCUT2D eigenvalue weighted by Crippen LogP contribution is 2.29. The number of nitrogens with one attached hydrogen (secondary N) is 2. The molecule has 31 heavy (non-hydrogen) atoms. The smallest absolute Gasteiger partial charge is 0.265 e. The third kappa shape index (κ3) is 4.65. The minimum absolute atomic E-state index is 0.0486. The molecule has 0 unspecified atom stereocenters. The Kier molecular flexibility index (Phi) is 5.55. The molecule has 0 aliphatic heterocycles. The number of benzene rings is 3. The Morgan fingerprint density at radius 2 is 1.52 bits per heavy atom. The zero-order valence-corrected chi connectivity index (χ0v) is 17.5. The number of hydrogen-bond donors (Lipinski definition) is 2. The van der Waals surface area contributed by atoms with E-state index in [1.165, 1.54) is 13.1 Å². The topological polar surface area (TPSA) is 93.1 Å². The van der Waals surface area contributed by atoms with E-state index in [0.717, 1.165) is 5.69 Å². The Morgan fingerprint density at radius 1 is 0.871 bits per heavy atom. The van der Waals surface area contributed by atoms with Gasteiger partial charge < -0.3 is 5.32 Å². The summed E-state index contributed by atoms with van der Waals surface area (Å²) in [5, 5.41) is 7.20. The second-order valence-corrected chi connectivity index (χ2v) is 8.51. The van der Waals surface area contributed by atoms with Crippen molar-refractivity contribution in [1.82, 2.24) is 9.78 Å². The van der Waals surface area contributed by atoms with Crippen LogP contribution in [0.4, 0.5) is 11.4 Å². The number of hydrogen-bond acceptors (Lipinski definition) is 4. The fraction of sp³-hybridized carbons (Fsp3) is 0.0435. The van der Waals surface area contributed by atoms with E-state index in [1.54, 1.807) is 28.9 Å². The predicted molar refractivity (Wildman–Crippen MR) is 121 cm³/mol. The lowest BCUT2D eigenvalue weighted by molar-refractivity contribution is -0.114. The van der Waals surface area contributed by atoms with E-state index in [9.17, 15) is 13.2 Å². The molecule has 0 saturated heterocycles. The van der Waals surface area contributed by atoms with E-state index in [0.29, 0.717) is 22.6 Å². The summed E-state index contributed by atoms with van der Waals surface area (Å²) in [6, 6.07) is 25.0. The van der Waals surface area contributed by atoms with Gasteiger partial charge in [-0.3, -0.25) is 9.52 Å². The Labute approximate surface area is 180 Å². The van der Waals surface area contributed by atoms with Crippen LogP contribution in [0.3, 0.4) is 0 Å². The lowest BCUT2D eigenvalue weighted by Crippen LogP contribution is -2.14. The summed E-state index contributed by atoms with van der Waals surface area (Å²) in [7, 11) is -3.97. The molecule has 4 rings (SSSR count). The first-order valence-corrected chi connectivity index (χ1v) is 11.0. The van der Waals surface area contributed by atoms with Gasteiger partial charge in [0.05, 0.1) is 17.6 Å². The van der Waals surface area contributed by atoms with Gasteiger partial charge in [0.25, 0.3) is 10.0 Å². The summed E-state index contributed by atoms with van der Waals surface area (Å²) < 4.78 is 30.8. The van der Waals surface area contributed by atoms with Gasteiger partial charge in [0.1, 0.15) is 10.6 Å². The average Bonchev–Trinajstić information content (AvgIpc) is 3.21. The van der Waals surface area contributed by atoms with Crippen LogP contribution in [0.2, 0.25) is 0 Å². The number of carbonyl (C=O) groups excluding carboxylic acids is 1. The van der Waals surface area contributed by atoms with Crippen molar-refractivity contribution in [1.29, 1.82) is 0 Å². The zero-order valence-electron chi connectivity index (χ0n) is 16.7. The Balaban J connectivity index is 1.77. The van der Waals surface area contributed by atoms with E-state index >= 15 is 0 Å². The number of anilines is 2. The summed E-state index contributed by atoms with van der Waals surface area (Å²) >= 11 is 0. The first kappa shape index (κ1) is 20.4. The number of amides is 1. The molecule has 3 aromatic carbocycles. The van der Waals surface area contributed by atoms with Crippen LogP contribution in [-0.4, -0.2) is 24.1 Å². The highest BCUT2D eigenvalue weighted by atomic mass is 32.2. The van der Waals surface area contributed by atoms with Crippen LogP contribution in [0.1, 0.15) is 6.92 Å². The highest BCUT2D eigenvalue weighted by molar-refractivity contribution is 7.92. The second kappa shape index (κ2) is 8.45. The van der Waals surface area contributed by atoms with Gasteiger partial charge in [-0.15, -0.1) is 0 Å². The standard InChI is InChI=1S/C23H20N4O3S/c1-17(28)24-19-11-8-12-20(15-19)26-31(29,30)22-16-27(21-13-6-3-7-14-21)25-23(22)18-9-4-2-5-10-18/h2-16,26H,1H3,(H,24,28). The fourth-order valence-corrected chi connectivity index (χ4v) is 4.34. The first-order valence-electron chi connectivity index (χ1n) is 9.53. The number of rotatable bonds is 6. The van der Waals surface area contributed by atoms with Gasteiger partial charge in [-0.05, 0) is 30.3 Å². The van der Waals surface area contributed by atoms with Crippen LogP contribution in [0.5, 0.6) is 0 Å². The van der Waals surface area contributed by atoms with Gasteiger partial charge in [0.2, 0.25) is 5.91 Å². The number of sulfonamides is 1. The van der Waals surface area contributed by atoms with Gasteiger partial charge in [0.15, 0.2) is 0 Å². The lowest BCUT2D eigenvalue weighted by atomic mass is 10.2. The van der Waals surface area contributed by atoms with Crippen molar-refractivity contribution in [3.8, 4) is 16.9 Å². The highest BCUT2D eigenvalue weighted by Gasteiger charge is 2.24. The summed E-state index contributed by atoms with van der Waals surface area (Å²) in [5.74, 6) is -0.240. The Hall–Kier alpha value is -3.91. The summed E-state index contributed by atoms with van der Waals surface area (Å²) in [4.78, 5) is 11.4. The van der Waals surface area contributed by atoms with Gasteiger partial charge >= 0.3 is 0 Å². The molecule has 0 spiro atoms. The number of para-hydroxylation sites is 1. The van der Waals surface area contributed by atoms with Crippen LogP contribution in [0.25, 0.3) is 16.9 Å². The lowest BCUT2D eigenvalue weighted by Gasteiger charge is -2.10. The van der Waals surface area contributed by atoms with Crippen LogP contribution in [0.15, 0.2) is 96.0 Å². The molecule has 156 valence electrons. The van der Waals surface area contributed by atoms with Crippen molar-refractivity contribution in [3.63, 3.8) is 0 Å². The van der Waals surface area contributed by atoms with Gasteiger partial charge in [-0.2, -0.15) is 5.10 Å². The quantitative estimate of drug-likeness (QED) is 0.475. The molecule has 1 amide bonds. The molecule has 0 bridgehead atoms. The molecular weight excluding hydrogens is 412 g/mol. The molecule has 0 fully saturated rings. The van der Waals surface area contributed by atoms with Crippen LogP contribution >= 0.6 is 0 Å². The number of carbonyl (C=O) groups is 1. The minimum Gasteiger partial charge on any atom is -0.326 e. The molecule has 4 aromatic rings. The summed E-state index contributed by atoms with van der Waals surface area (Å²) in [6.45, 7) is 1.39. The second-order valence-electron chi connectivity index (χ2n) is 6.86. The average molecular weight is 433 g/mol. The molecule has 1 aromatic heterocycles. The van der Waals surface area contributed by atoms with Gasteiger partial charge in [-0.1, -0.05) is 54.6 Å². The first-order chi connectivity index (χ1) is 14.9. The van der Waals surface area contributed by atoms with E-state index in [2.05, 4.69) is 15.1 Å². The normalized spacial score (nSPS) is 11.1. The molecule has 8 heteroatoms. The van der Waals surface area contributed by atoms with Crippen molar-refractivity contribution in [2.75, 3.05) is 10.0 Å². The van der Waals surface area contributed by atoms with Crippen molar-refractivity contribution < 1.29 is 13.2 Å². The maximum atomic E-state index is 13.3. The fourth-order valence-electron chi connectivity index (χ4n) is 3.14. The minimum atomic E-state index is -3.97. The third-order valence-electron chi connectivity index (χ3n) is 4.47. The van der Waals surface area contributed by atoms with Gasteiger partial charge in [0, 0.05) is 18.2 Å². The predicted octanol–water partition coefficient (Wildman–Crippen LogP) is 4.30. The number of aromatic nitrogens is 2. The summed E-state index contributed by atoms with van der Waals surface area (Å²) in [6.07, 6.45) is 1.50. The van der Waals surface area contributed by atoms with Crippen molar-refractivity contribution >= 4 is 27.3 Å². The van der Waals surface area contributed by atoms with Gasteiger partial charge in [-0.25, -0.2) is 13.1 Å². The molecule has 0 aliphatic carbocycles. The molecule has 0 saturated carbocycles. The molecule has 0 aliphatic rings.